The maximum Gasteiger partial charge on any atom is 0.338 e. The Kier molecular flexibility index (Phi) is 9.32. The standard InChI is InChI=1S/C29H28FN3O5S/c1-3-37-24-15-13-22(14-16-24)31-27(35)25-17-26(34)33(18-19-5-9-21(30)10-6-19)29(39-25)32-23-11-7-20(8-12-23)28(36)38-4-2/h5-16,25H,3-4,17-18H2,1-2H3,(H,31,35). The molecule has 1 atom stereocenters. The van der Waals surface area contributed by atoms with E-state index in [1.807, 2.05) is 6.92 Å². The van der Waals surface area contributed by atoms with Crippen LogP contribution in [-0.2, 0) is 20.9 Å². The average Bonchev–Trinajstić information content (AvgIpc) is 2.93. The molecule has 1 aliphatic rings. The summed E-state index contributed by atoms with van der Waals surface area (Å²) >= 11 is 1.17. The molecule has 0 radical (unpaired) electrons. The molecule has 2 amide bonds. The summed E-state index contributed by atoms with van der Waals surface area (Å²) in [6, 6.07) is 19.3. The third-order valence-electron chi connectivity index (χ3n) is 5.72. The first-order valence-corrected chi connectivity index (χ1v) is 13.3. The SMILES string of the molecule is CCOC(=O)c1ccc(N=C2SC(C(=O)Nc3ccc(OCC)cc3)CC(=O)N2Cc2ccc(F)cc2)cc1. The first kappa shape index (κ1) is 27.8. The van der Waals surface area contributed by atoms with E-state index in [1.54, 1.807) is 67.6 Å². The minimum absolute atomic E-state index is 0.0322. The first-order chi connectivity index (χ1) is 18.9. The van der Waals surface area contributed by atoms with E-state index >= 15 is 0 Å². The van der Waals surface area contributed by atoms with E-state index in [2.05, 4.69) is 10.3 Å². The van der Waals surface area contributed by atoms with Crippen molar-refractivity contribution in [3.05, 3.63) is 89.7 Å². The van der Waals surface area contributed by atoms with E-state index in [0.717, 1.165) is 0 Å². The van der Waals surface area contributed by atoms with Gasteiger partial charge in [0.25, 0.3) is 0 Å². The lowest BCUT2D eigenvalue weighted by Gasteiger charge is -2.32. The summed E-state index contributed by atoms with van der Waals surface area (Å²) in [6.45, 7) is 4.59. The number of thioether (sulfide) groups is 1. The van der Waals surface area contributed by atoms with Crippen LogP contribution < -0.4 is 10.1 Å². The molecule has 39 heavy (non-hydrogen) atoms. The molecule has 202 valence electrons. The number of hydrogen-bond donors (Lipinski definition) is 1. The molecular formula is C29H28FN3O5S. The van der Waals surface area contributed by atoms with Gasteiger partial charge in [0.1, 0.15) is 16.8 Å². The third-order valence-corrected chi connectivity index (χ3v) is 6.91. The Hall–Kier alpha value is -4.18. The summed E-state index contributed by atoms with van der Waals surface area (Å²) in [6.07, 6.45) is -0.0322. The average molecular weight is 550 g/mol. The number of carbonyl (C=O) groups excluding carboxylic acids is 3. The zero-order valence-electron chi connectivity index (χ0n) is 21.6. The van der Waals surface area contributed by atoms with Crippen LogP contribution in [0.25, 0.3) is 0 Å². The monoisotopic (exact) mass is 549 g/mol. The van der Waals surface area contributed by atoms with Crippen molar-refractivity contribution in [1.82, 2.24) is 4.90 Å². The Bertz CT molecular complexity index is 1340. The molecule has 1 fully saturated rings. The van der Waals surface area contributed by atoms with E-state index in [9.17, 15) is 18.8 Å². The quantitative estimate of drug-likeness (QED) is 0.351. The first-order valence-electron chi connectivity index (χ1n) is 12.5. The van der Waals surface area contributed by atoms with E-state index in [-0.39, 0.29) is 37.2 Å². The molecule has 3 aromatic rings. The highest BCUT2D eigenvalue weighted by Crippen LogP contribution is 2.31. The second kappa shape index (κ2) is 13.1. The summed E-state index contributed by atoms with van der Waals surface area (Å²) < 4.78 is 23.9. The number of esters is 1. The molecule has 1 heterocycles. The minimum atomic E-state index is -0.717. The highest BCUT2D eigenvalue weighted by molar-refractivity contribution is 8.15. The predicted molar refractivity (Wildman–Crippen MR) is 149 cm³/mol. The Morgan fingerprint density at radius 2 is 1.69 bits per heavy atom. The van der Waals surface area contributed by atoms with Crippen LogP contribution in [0.3, 0.4) is 0 Å². The third kappa shape index (κ3) is 7.44. The van der Waals surface area contributed by atoms with Gasteiger partial charge >= 0.3 is 5.97 Å². The molecule has 3 aromatic carbocycles. The molecule has 10 heteroatoms. The Labute approximate surface area is 230 Å². The summed E-state index contributed by atoms with van der Waals surface area (Å²) in [7, 11) is 0. The number of carbonyl (C=O) groups is 3. The van der Waals surface area contributed by atoms with Gasteiger partial charge in [0, 0.05) is 12.1 Å². The number of amides is 2. The lowest BCUT2D eigenvalue weighted by Crippen LogP contribution is -2.44. The smallest absolute Gasteiger partial charge is 0.338 e. The van der Waals surface area contributed by atoms with E-state index < -0.39 is 11.2 Å². The fourth-order valence-electron chi connectivity index (χ4n) is 3.79. The van der Waals surface area contributed by atoms with E-state index in [1.165, 1.54) is 28.8 Å². The fourth-order valence-corrected chi connectivity index (χ4v) is 4.89. The van der Waals surface area contributed by atoms with Crippen molar-refractivity contribution in [1.29, 1.82) is 0 Å². The largest absolute Gasteiger partial charge is 0.494 e. The molecule has 1 N–H and O–H groups in total. The second-order valence-electron chi connectivity index (χ2n) is 8.53. The summed E-state index contributed by atoms with van der Waals surface area (Å²) in [4.78, 5) is 44.5. The van der Waals surface area contributed by atoms with Crippen LogP contribution in [0.4, 0.5) is 15.8 Å². The van der Waals surface area contributed by atoms with Crippen LogP contribution >= 0.6 is 11.8 Å². The lowest BCUT2D eigenvalue weighted by atomic mass is 10.2. The number of halogens is 1. The molecule has 1 unspecified atom stereocenters. The van der Waals surface area contributed by atoms with Crippen molar-refractivity contribution in [2.45, 2.75) is 32.1 Å². The van der Waals surface area contributed by atoms with Gasteiger partial charge in [-0.2, -0.15) is 0 Å². The number of benzene rings is 3. The highest BCUT2D eigenvalue weighted by atomic mass is 32.2. The number of nitrogens with one attached hydrogen (secondary N) is 1. The number of ether oxygens (including phenoxy) is 2. The molecule has 8 nitrogen and oxygen atoms in total. The molecule has 0 aromatic heterocycles. The Morgan fingerprint density at radius 3 is 2.33 bits per heavy atom. The number of nitrogens with zero attached hydrogens (tertiary/aromatic N) is 2. The van der Waals surface area contributed by atoms with Gasteiger partial charge in [-0.15, -0.1) is 0 Å². The molecular weight excluding hydrogens is 521 g/mol. The summed E-state index contributed by atoms with van der Waals surface area (Å²) in [5.74, 6) is -0.740. The number of aliphatic imine (C=N–C) groups is 1. The molecule has 1 aliphatic heterocycles. The predicted octanol–water partition coefficient (Wildman–Crippen LogP) is 5.56. The van der Waals surface area contributed by atoms with Crippen LogP contribution in [-0.4, -0.2) is 46.3 Å². The molecule has 0 bridgehead atoms. The van der Waals surface area contributed by atoms with Gasteiger partial charge < -0.3 is 14.8 Å². The van der Waals surface area contributed by atoms with Gasteiger partial charge in [-0.25, -0.2) is 14.2 Å². The van der Waals surface area contributed by atoms with Gasteiger partial charge in [-0.1, -0.05) is 23.9 Å². The van der Waals surface area contributed by atoms with Gasteiger partial charge in [0.15, 0.2) is 5.17 Å². The maximum atomic E-state index is 13.4. The topological polar surface area (TPSA) is 97.3 Å². The van der Waals surface area contributed by atoms with Crippen molar-refractivity contribution in [3.8, 4) is 5.75 Å². The van der Waals surface area contributed by atoms with Crippen molar-refractivity contribution >= 4 is 46.1 Å². The molecule has 0 saturated carbocycles. The maximum absolute atomic E-state index is 13.4. The van der Waals surface area contributed by atoms with Crippen LogP contribution in [0, 0.1) is 5.82 Å². The minimum Gasteiger partial charge on any atom is -0.494 e. The van der Waals surface area contributed by atoms with Crippen molar-refractivity contribution in [2.24, 2.45) is 4.99 Å². The van der Waals surface area contributed by atoms with Crippen LogP contribution in [0.5, 0.6) is 5.75 Å². The van der Waals surface area contributed by atoms with Gasteiger partial charge in [0.05, 0.1) is 31.0 Å². The zero-order valence-corrected chi connectivity index (χ0v) is 22.4. The van der Waals surface area contributed by atoms with Crippen molar-refractivity contribution in [3.63, 3.8) is 0 Å². The number of hydrogen-bond acceptors (Lipinski definition) is 7. The normalized spacial score (nSPS) is 16.2. The lowest BCUT2D eigenvalue weighted by molar-refractivity contribution is -0.129. The van der Waals surface area contributed by atoms with Crippen LogP contribution in [0.1, 0.15) is 36.2 Å². The zero-order chi connectivity index (χ0) is 27.8. The van der Waals surface area contributed by atoms with Crippen molar-refractivity contribution in [2.75, 3.05) is 18.5 Å². The Morgan fingerprint density at radius 1 is 1.00 bits per heavy atom. The molecule has 0 aliphatic carbocycles. The number of amidine groups is 1. The summed E-state index contributed by atoms with van der Waals surface area (Å²) in [5.41, 5.74) is 2.17. The summed E-state index contributed by atoms with van der Waals surface area (Å²) in [5, 5.41) is 2.46. The van der Waals surface area contributed by atoms with Crippen LogP contribution in [0.2, 0.25) is 0 Å². The number of anilines is 1. The number of rotatable bonds is 9. The van der Waals surface area contributed by atoms with E-state index in [4.69, 9.17) is 9.47 Å². The van der Waals surface area contributed by atoms with Gasteiger partial charge in [-0.3, -0.25) is 14.5 Å². The highest BCUT2D eigenvalue weighted by Gasteiger charge is 2.36. The van der Waals surface area contributed by atoms with Gasteiger partial charge in [0.2, 0.25) is 11.8 Å². The van der Waals surface area contributed by atoms with Gasteiger partial charge in [-0.05, 0) is 80.1 Å². The molecule has 1 saturated heterocycles. The van der Waals surface area contributed by atoms with Crippen LogP contribution in [0.15, 0.2) is 77.8 Å². The molecule has 4 rings (SSSR count). The van der Waals surface area contributed by atoms with E-state index in [0.29, 0.717) is 40.0 Å². The Balaban J connectivity index is 1.56. The molecule has 0 spiro atoms. The van der Waals surface area contributed by atoms with Crippen molar-refractivity contribution < 1.29 is 28.2 Å². The fraction of sp³-hybridized carbons (Fsp3) is 0.241. The second-order valence-corrected chi connectivity index (χ2v) is 9.70.